The van der Waals surface area contributed by atoms with E-state index in [1.54, 1.807) is 19.9 Å². The van der Waals surface area contributed by atoms with E-state index in [1.165, 1.54) is 0 Å². The molecule has 0 aliphatic heterocycles. The molecule has 0 saturated carbocycles. The Bertz CT molecular complexity index is 378. The summed E-state index contributed by atoms with van der Waals surface area (Å²) >= 11 is 0. The van der Waals surface area contributed by atoms with E-state index in [1.807, 2.05) is 0 Å². The van der Waals surface area contributed by atoms with Gasteiger partial charge in [0.1, 0.15) is 6.54 Å². The van der Waals surface area contributed by atoms with Crippen molar-refractivity contribution in [2.75, 3.05) is 18.0 Å². The molecule has 0 bridgehead atoms. The van der Waals surface area contributed by atoms with E-state index in [0.29, 0.717) is 11.4 Å². The lowest BCUT2D eigenvalue weighted by atomic mass is 10.3. The lowest BCUT2D eigenvalue weighted by Gasteiger charge is -2.22. The third-order valence-electron chi connectivity index (χ3n) is 2.14. The van der Waals surface area contributed by atoms with Gasteiger partial charge in [-0.3, -0.25) is 0 Å². The van der Waals surface area contributed by atoms with Crippen LogP contribution in [-0.2, 0) is 6.54 Å². The van der Waals surface area contributed by atoms with Gasteiger partial charge in [-0.2, -0.15) is 13.2 Å². The summed E-state index contributed by atoms with van der Waals surface area (Å²) in [6.45, 7) is 2.63. The number of rotatable bonds is 4. The predicted molar refractivity (Wildman–Crippen MR) is 58.6 cm³/mol. The minimum atomic E-state index is -4.27. The topological polar surface area (TPSA) is 55.0 Å². The molecule has 1 aromatic rings. The average Bonchev–Trinajstić information content (AvgIpc) is 2.23. The average molecular weight is 248 g/mol. The Morgan fingerprint density at radius 2 is 2.00 bits per heavy atom. The van der Waals surface area contributed by atoms with E-state index in [-0.39, 0.29) is 19.0 Å². The summed E-state index contributed by atoms with van der Waals surface area (Å²) in [5.74, 6) is 0.0743. The number of aromatic nitrogens is 2. The first-order valence-electron chi connectivity index (χ1n) is 5.22. The normalized spacial score (nSPS) is 11.6. The minimum Gasteiger partial charge on any atom is -0.332 e. The largest absolute Gasteiger partial charge is 0.406 e. The smallest absolute Gasteiger partial charge is 0.332 e. The molecule has 0 radical (unpaired) electrons. The molecule has 7 heteroatoms. The first-order valence-corrected chi connectivity index (χ1v) is 5.22. The zero-order valence-electron chi connectivity index (χ0n) is 9.75. The number of hydrogen-bond donors (Lipinski definition) is 1. The van der Waals surface area contributed by atoms with Gasteiger partial charge < -0.3 is 10.6 Å². The molecule has 0 atom stereocenters. The standard InChI is InChI=1S/C10H15F3N4/c1-3-17(6-10(11,12)13)9-15-7(2)4-8(5-14)16-9/h4H,3,5-6,14H2,1-2H3. The van der Waals surface area contributed by atoms with Crippen molar-refractivity contribution in [1.82, 2.24) is 9.97 Å². The molecule has 96 valence electrons. The summed E-state index contributed by atoms with van der Waals surface area (Å²) in [5.41, 5.74) is 6.57. The van der Waals surface area contributed by atoms with E-state index in [9.17, 15) is 13.2 Å². The number of nitrogens with zero attached hydrogens (tertiary/aromatic N) is 3. The fourth-order valence-electron chi connectivity index (χ4n) is 1.40. The Morgan fingerprint density at radius 1 is 1.35 bits per heavy atom. The van der Waals surface area contributed by atoms with Crippen molar-refractivity contribution < 1.29 is 13.2 Å². The van der Waals surface area contributed by atoms with E-state index in [4.69, 9.17) is 5.73 Å². The van der Waals surface area contributed by atoms with Crippen molar-refractivity contribution in [3.63, 3.8) is 0 Å². The van der Waals surface area contributed by atoms with Gasteiger partial charge in [0.25, 0.3) is 0 Å². The molecule has 2 N–H and O–H groups in total. The van der Waals surface area contributed by atoms with Crippen LogP contribution in [0.1, 0.15) is 18.3 Å². The number of alkyl halides is 3. The van der Waals surface area contributed by atoms with Gasteiger partial charge >= 0.3 is 6.18 Å². The van der Waals surface area contributed by atoms with Crippen molar-refractivity contribution in [3.05, 3.63) is 17.5 Å². The second kappa shape index (κ2) is 5.31. The highest BCUT2D eigenvalue weighted by molar-refractivity contribution is 5.32. The van der Waals surface area contributed by atoms with E-state index in [2.05, 4.69) is 9.97 Å². The van der Waals surface area contributed by atoms with Crippen molar-refractivity contribution >= 4 is 5.95 Å². The van der Waals surface area contributed by atoms with Crippen LogP contribution in [0.2, 0.25) is 0 Å². The number of hydrogen-bond acceptors (Lipinski definition) is 4. The third-order valence-corrected chi connectivity index (χ3v) is 2.14. The monoisotopic (exact) mass is 248 g/mol. The summed E-state index contributed by atoms with van der Waals surface area (Å²) in [7, 11) is 0. The molecule has 17 heavy (non-hydrogen) atoms. The second-order valence-corrected chi connectivity index (χ2v) is 3.63. The van der Waals surface area contributed by atoms with Gasteiger partial charge in [0.15, 0.2) is 0 Å². The van der Waals surface area contributed by atoms with Gasteiger partial charge in [-0.25, -0.2) is 9.97 Å². The lowest BCUT2D eigenvalue weighted by molar-refractivity contribution is -0.119. The molecule has 0 fully saturated rings. The van der Waals surface area contributed by atoms with Gasteiger partial charge in [-0.15, -0.1) is 0 Å². The number of nitrogens with two attached hydrogens (primary N) is 1. The van der Waals surface area contributed by atoms with Gasteiger partial charge in [0.05, 0.1) is 5.69 Å². The highest BCUT2D eigenvalue weighted by atomic mass is 19.4. The predicted octanol–water partition coefficient (Wildman–Crippen LogP) is 1.63. The molecule has 0 aliphatic rings. The van der Waals surface area contributed by atoms with Crippen LogP contribution >= 0.6 is 0 Å². The minimum absolute atomic E-state index is 0.0743. The molecule has 0 saturated heterocycles. The molecule has 0 unspecified atom stereocenters. The number of aryl methyl sites for hydroxylation is 1. The fraction of sp³-hybridized carbons (Fsp3) is 0.600. The maximum Gasteiger partial charge on any atom is 0.406 e. The maximum absolute atomic E-state index is 12.3. The molecular weight excluding hydrogens is 233 g/mol. The zero-order valence-corrected chi connectivity index (χ0v) is 9.75. The quantitative estimate of drug-likeness (QED) is 0.880. The molecule has 0 amide bonds. The second-order valence-electron chi connectivity index (χ2n) is 3.63. The van der Waals surface area contributed by atoms with Crippen molar-refractivity contribution in [2.24, 2.45) is 5.73 Å². The molecule has 0 aliphatic carbocycles. The Hall–Kier alpha value is -1.37. The Labute approximate surface area is 97.7 Å². The van der Waals surface area contributed by atoms with Crippen molar-refractivity contribution in [1.29, 1.82) is 0 Å². The fourth-order valence-corrected chi connectivity index (χ4v) is 1.40. The Morgan fingerprint density at radius 3 is 2.47 bits per heavy atom. The zero-order chi connectivity index (χ0) is 13.1. The molecular formula is C10H15F3N4. The van der Waals surface area contributed by atoms with Crippen LogP contribution in [0.4, 0.5) is 19.1 Å². The van der Waals surface area contributed by atoms with E-state index >= 15 is 0 Å². The summed E-state index contributed by atoms with van der Waals surface area (Å²) in [5, 5.41) is 0. The lowest BCUT2D eigenvalue weighted by Crippen LogP contribution is -2.35. The first kappa shape index (κ1) is 13.7. The summed E-state index contributed by atoms with van der Waals surface area (Å²) < 4.78 is 37.0. The van der Waals surface area contributed by atoms with Gasteiger partial charge in [0, 0.05) is 18.8 Å². The van der Waals surface area contributed by atoms with Crippen LogP contribution in [0.25, 0.3) is 0 Å². The van der Waals surface area contributed by atoms with E-state index in [0.717, 1.165) is 4.90 Å². The third kappa shape index (κ3) is 4.18. The molecule has 1 rings (SSSR count). The maximum atomic E-state index is 12.3. The van der Waals surface area contributed by atoms with Crippen LogP contribution in [0.3, 0.4) is 0 Å². The SMILES string of the molecule is CCN(CC(F)(F)F)c1nc(C)cc(CN)n1. The molecule has 0 spiro atoms. The first-order chi connectivity index (χ1) is 7.85. The van der Waals surface area contributed by atoms with E-state index < -0.39 is 12.7 Å². The van der Waals surface area contributed by atoms with Crippen molar-refractivity contribution in [3.8, 4) is 0 Å². The molecule has 4 nitrogen and oxygen atoms in total. The van der Waals surface area contributed by atoms with Crippen LogP contribution in [0, 0.1) is 6.92 Å². The van der Waals surface area contributed by atoms with Crippen molar-refractivity contribution in [2.45, 2.75) is 26.6 Å². The van der Waals surface area contributed by atoms with Crippen LogP contribution in [0.5, 0.6) is 0 Å². The summed E-state index contributed by atoms with van der Waals surface area (Å²) in [4.78, 5) is 9.07. The molecule has 0 aromatic carbocycles. The molecule has 1 heterocycles. The number of anilines is 1. The highest BCUT2D eigenvalue weighted by Gasteiger charge is 2.31. The highest BCUT2D eigenvalue weighted by Crippen LogP contribution is 2.19. The van der Waals surface area contributed by atoms with Gasteiger partial charge in [0.2, 0.25) is 5.95 Å². The van der Waals surface area contributed by atoms with Crippen LogP contribution < -0.4 is 10.6 Å². The number of halogens is 3. The summed E-state index contributed by atoms with van der Waals surface area (Å²) in [6.07, 6.45) is -4.27. The van der Waals surface area contributed by atoms with Gasteiger partial charge in [-0.1, -0.05) is 0 Å². The van der Waals surface area contributed by atoms with Crippen LogP contribution in [0.15, 0.2) is 6.07 Å². The molecule has 1 aromatic heterocycles. The summed E-state index contributed by atoms with van der Waals surface area (Å²) in [6, 6.07) is 1.66. The van der Waals surface area contributed by atoms with Crippen LogP contribution in [-0.4, -0.2) is 29.2 Å². The Balaban J connectivity index is 2.99. The Kier molecular flexibility index (Phi) is 4.28. The van der Waals surface area contributed by atoms with Gasteiger partial charge in [-0.05, 0) is 19.9 Å².